The number of hydrogen-bond donors (Lipinski definition) is 1. The summed E-state index contributed by atoms with van der Waals surface area (Å²) in [6.45, 7) is 3.22. The Labute approximate surface area is 152 Å². The molecule has 0 aliphatic carbocycles. The molecule has 0 unspecified atom stereocenters. The predicted octanol–water partition coefficient (Wildman–Crippen LogP) is 4.20. The molecule has 0 radical (unpaired) electrons. The molecule has 3 aromatic rings. The first kappa shape index (κ1) is 17.5. The van der Waals surface area contributed by atoms with Gasteiger partial charge >= 0.3 is 0 Å². The first-order chi connectivity index (χ1) is 12.2. The second kappa shape index (κ2) is 8.17. The van der Waals surface area contributed by atoms with Crippen molar-refractivity contribution < 1.29 is 4.79 Å². The largest absolute Gasteiger partial charge is 0.356 e. The Hall–Kier alpha value is -2.33. The number of rotatable bonds is 7. The maximum absolute atomic E-state index is 11.4. The number of nitrogens with zero attached hydrogens (tertiary/aromatic N) is 2. The van der Waals surface area contributed by atoms with E-state index in [0.717, 1.165) is 40.3 Å². The Bertz CT molecular complexity index is 872. The highest BCUT2D eigenvalue weighted by Gasteiger charge is 2.12. The minimum Gasteiger partial charge on any atom is -0.356 e. The van der Waals surface area contributed by atoms with E-state index < -0.39 is 0 Å². The van der Waals surface area contributed by atoms with Crippen molar-refractivity contribution in [3.05, 3.63) is 64.9 Å². The number of nitrogens with one attached hydrogen (secondary N) is 1. The fourth-order valence-electron chi connectivity index (χ4n) is 2.89. The van der Waals surface area contributed by atoms with Gasteiger partial charge in [0, 0.05) is 24.4 Å². The summed E-state index contributed by atoms with van der Waals surface area (Å²) >= 11 is 6.34. The van der Waals surface area contributed by atoms with Gasteiger partial charge in [-0.15, -0.1) is 0 Å². The fraction of sp³-hybridized carbons (Fsp3) is 0.300. The van der Waals surface area contributed by atoms with E-state index in [4.69, 9.17) is 16.6 Å². The molecule has 1 heterocycles. The van der Waals surface area contributed by atoms with Gasteiger partial charge in [-0.25, -0.2) is 4.98 Å². The highest BCUT2D eigenvalue weighted by Crippen LogP contribution is 2.22. The normalized spacial score (nSPS) is 11.0. The third-order valence-corrected chi connectivity index (χ3v) is 4.61. The third-order valence-electron chi connectivity index (χ3n) is 4.24. The van der Waals surface area contributed by atoms with E-state index in [1.54, 1.807) is 0 Å². The smallest absolute Gasteiger partial charge is 0.219 e. The van der Waals surface area contributed by atoms with Crippen molar-refractivity contribution in [1.82, 2.24) is 14.9 Å². The zero-order chi connectivity index (χ0) is 17.6. The number of aryl methyl sites for hydroxylation is 1. The summed E-state index contributed by atoms with van der Waals surface area (Å²) in [7, 11) is 0. The van der Waals surface area contributed by atoms with Crippen molar-refractivity contribution in [3.63, 3.8) is 0 Å². The monoisotopic (exact) mass is 355 g/mol. The van der Waals surface area contributed by atoms with Gasteiger partial charge in [0.25, 0.3) is 0 Å². The molecule has 0 bridgehead atoms. The SMILES string of the molecule is CCC(=O)NCCCc1nc2ccccc2n1Cc1ccccc1Cl. The van der Waals surface area contributed by atoms with Crippen LogP contribution in [0.1, 0.15) is 31.2 Å². The molecule has 0 spiro atoms. The van der Waals surface area contributed by atoms with Gasteiger partial charge in [0.1, 0.15) is 5.82 Å². The summed E-state index contributed by atoms with van der Waals surface area (Å²) < 4.78 is 2.22. The molecule has 25 heavy (non-hydrogen) atoms. The molecule has 0 saturated heterocycles. The van der Waals surface area contributed by atoms with Crippen LogP contribution in [0.3, 0.4) is 0 Å². The van der Waals surface area contributed by atoms with Gasteiger partial charge in [-0.05, 0) is 30.2 Å². The topological polar surface area (TPSA) is 46.9 Å². The van der Waals surface area contributed by atoms with Crippen molar-refractivity contribution in [3.8, 4) is 0 Å². The summed E-state index contributed by atoms with van der Waals surface area (Å²) in [4.78, 5) is 16.1. The number of para-hydroxylation sites is 2. The van der Waals surface area contributed by atoms with Crippen LogP contribution in [0, 0.1) is 0 Å². The fourth-order valence-corrected chi connectivity index (χ4v) is 3.08. The number of carbonyl (C=O) groups is 1. The van der Waals surface area contributed by atoms with Crippen LogP contribution in [0.4, 0.5) is 0 Å². The van der Waals surface area contributed by atoms with Crippen molar-refractivity contribution >= 4 is 28.5 Å². The molecular weight excluding hydrogens is 334 g/mol. The Morgan fingerprint density at radius 3 is 2.72 bits per heavy atom. The van der Waals surface area contributed by atoms with Crippen molar-refractivity contribution in [1.29, 1.82) is 0 Å². The molecule has 1 N–H and O–H groups in total. The Kier molecular flexibility index (Phi) is 5.71. The van der Waals surface area contributed by atoms with Crippen molar-refractivity contribution in [2.45, 2.75) is 32.7 Å². The Morgan fingerprint density at radius 1 is 1.16 bits per heavy atom. The van der Waals surface area contributed by atoms with Gasteiger partial charge in [0.15, 0.2) is 0 Å². The second-order valence-electron chi connectivity index (χ2n) is 6.00. The van der Waals surface area contributed by atoms with Crippen LogP contribution >= 0.6 is 11.6 Å². The lowest BCUT2D eigenvalue weighted by atomic mass is 10.2. The van der Waals surface area contributed by atoms with Gasteiger partial charge in [-0.2, -0.15) is 0 Å². The quantitative estimate of drug-likeness (QED) is 0.646. The number of hydrogen-bond acceptors (Lipinski definition) is 2. The summed E-state index contributed by atoms with van der Waals surface area (Å²) in [6.07, 6.45) is 2.19. The number of imidazole rings is 1. The van der Waals surface area contributed by atoms with E-state index in [1.807, 2.05) is 49.4 Å². The molecule has 0 aliphatic heterocycles. The summed E-state index contributed by atoms with van der Waals surface area (Å²) in [6, 6.07) is 16.0. The first-order valence-electron chi connectivity index (χ1n) is 8.63. The number of benzene rings is 2. The first-order valence-corrected chi connectivity index (χ1v) is 9.01. The molecule has 5 heteroatoms. The van der Waals surface area contributed by atoms with E-state index in [-0.39, 0.29) is 5.91 Å². The molecule has 0 fully saturated rings. The molecule has 0 atom stereocenters. The summed E-state index contributed by atoms with van der Waals surface area (Å²) in [5.74, 6) is 1.11. The minimum atomic E-state index is 0.0876. The average Bonchev–Trinajstić information content (AvgIpc) is 2.98. The van der Waals surface area contributed by atoms with Gasteiger partial charge in [0.05, 0.1) is 17.6 Å². The van der Waals surface area contributed by atoms with E-state index >= 15 is 0 Å². The van der Waals surface area contributed by atoms with Crippen LogP contribution in [0.5, 0.6) is 0 Å². The average molecular weight is 356 g/mol. The number of amides is 1. The van der Waals surface area contributed by atoms with Gasteiger partial charge in [-0.1, -0.05) is 48.9 Å². The number of fused-ring (bicyclic) bond motifs is 1. The summed E-state index contributed by atoms with van der Waals surface area (Å²) in [5.41, 5.74) is 3.17. The maximum atomic E-state index is 11.4. The van der Waals surface area contributed by atoms with Crippen LogP contribution in [0.25, 0.3) is 11.0 Å². The lowest BCUT2D eigenvalue weighted by Gasteiger charge is -2.11. The van der Waals surface area contributed by atoms with Crippen LogP contribution in [0.15, 0.2) is 48.5 Å². The molecule has 1 amide bonds. The highest BCUT2D eigenvalue weighted by molar-refractivity contribution is 6.31. The van der Waals surface area contributed by atoms with Crippen LogP contribution in [-0.4, -0.2) is 22.0 Å². The number of aromatic nitrogens is 2. The second-order valence-corrected chi connectivity index (χ2v) is 6.41. The number of carbonyl (C=O) groups excluding carboxylic acids is 1. The predicted molar refractivity (Wildman–Crippen MR) is 102 cm³/mol. The molecule has 130 valence electrons. The van der Waals surface area contributed by atoms with Crippen LogP contribution in [-0.2, 0) is 17.8 Å². The van der Waals surface area contributed by atoms with E-state index in [2.05, 4.69) is 16.0 Å². The van der Waals surface area contributed by atoms with Crippen molar-refractivity contribution in [2.24, 2.45) is 0 Å². The van der Waals surface area contributed by atoms with E-state index in [9.17, 15) is 4.79 Å². The van der Waals surface area contributed by atoms with E-state index in [1.165, 1.54) is 0 Å². The lowest BCUT2D eigenvalue weighted by molar-refractivity contribution is -0.120. The Morgan fingerprint density at radius 2 is 1.92 bits per heavy atom. The standard InChI is InChI=1S/C20H22ClN3O/c1-2-20(25)22-13-7-12-19-23-17-10-5-6-11-18(17)24(19)14-15-8-3-4-9-16(15)21/h3-6,8-11H,2,7,12-14H2,1H3,(H,22,25). The van der Waals surface area contributed by atoms with Crippen LogP contribution in [0.2, 0.25) is 5.02 Å². The Balaban J connectivity index is 1.82. The van der Waals surface area contributed by atoms with Crippen LogP contribution < -0.4 is 5.32 Å². The highest BCUT2D eigenvalue weighted by atomic mass is 35.5. The third kappa shape index (κ3) is 4.20. The molecule has 2 aromatic carbocycles. The maximum Gasteiger partial charge on any atom is 0.219 e. The zero-order valence-electron chi connectivity index (χ0n) is 14.3. The molecule has 0 saturated carbocycles. The van der Waals surface area contributed by atoms with Gasteiger partial charge in [0.2, 0.25) is 5.91 Å². The van der Waals surface area contributed by atoms with Gasteiger partial charge < -0.3 is 9.88 Å². The molecule has 1 aromatic heterocycles. The summed E-state index contributed by atoms with van der Waals surface area (Å²) in [5, 5.41) is 3.68. The lowest BCUT2D eigenvalue weighted by Crippen LogP contribution is -2.23. The molecule has 0 aliphatic rings. The van der Waals surface area contributed by atoms with Crippen molar-refractivity contribution in [2.75, 3.05) is 6.54 Å². The minimum absolute atomic E-state index is 0.0876. The molecular formula is C20H22ClN3O. The molecule has 3 rings (SSSR count). The van der Waals surface area contributed by atoms with E-state index in [0.29, 0.717) is 19.5 Å². The molecule has 4 nitrogen and oxygen atoms in total. The zero-order valence-corrected chi connectivity index (χ0v) is 15.1. The number of halogens is 1. The van der Waals surface area contributed by atoms with Gasteiger partial charge in [-0.3, -0.25) is 4.79 Å².